The molecule has 0 aliphatic rings. The first-order valence-corrected chi connectivity index (χ1v) is 10.4. The third-order valence-corrected chi connectivity index (χ3v) is 5.56. The average Bonchev–Trinajstić information content (AvgIpc) is 3.10. The second-order valence-electron chi connectivity index (χ2n) is 6.32. The Balaban J connectivity index is 1.63. The van der Waals surface area contributed by atoms with Crippen LogP contribution >= 0.6 is 11.6 Å². The maximum Gasteiger partial charge on any atom is 0.238 e. The van der Waals surface area contributed by atoms with Crippen LogP contribution in [0.5, 0.6) is 5.75 Å². The Bertz CT molecular complexity index is 1320. The zero-order valence-corrected chi connectivity index (χ0v) is 16.5. The second kappa shape index (κ2) is 7.47. The molecule has 4 rings (SSSR count). The molecule has 0 aliphatic heterocycles. The minimum absolute atomic E-state index is 0.0229. The molecule has 1 heterocycles. The molecule has 4 aromatic rings. The molecule has 0 spiro atoms. The number of fused-ring (bicyclic) bond motifs is 1. The van der Waals surface area contributed by atoms with Crippen molar-refractivity contribution in [2.75, 3.05) is 0 Å². The number of nitrogens with zero attached hydrogens (tertiary/aromatic N) is 1. The van der Waals surface area contributed by atoms with E-state index >= 15 is 0 Å². The Labute approximate surface area is 171 Å². The molecule has 0 saturated heterocycles. The van der Waals surface area contributed by atoms with E-state index in [1.807, 2.05) is 0 Å². The number of hydrogen-bond donors (Lipinski definition) is 2. The minimum atomic E-state index is -3.86. The molecule has 6 nitrogen and oxygen atoms in total. The predicted molar refractivity (Wildman–Crippen MR) is 109 cm³/mol. The van der Waals surface area contributed by atoms with Crippen LogP contribution in [0.3, 0.4) is 0 Å². The van der Waals surface area contributed by atoms with Gasteiger partial charge in [0.1, 0.15) is 24.0 Å². The summed E-state index contributed by atoms with van der Waals surface area (Å²) in [4.78, 5) is 7.65. The number of hydrogen-bond acceptors (Lipinski definition) is 4. The minimum Gasteiger partial charge on any atom is -0.486 e. The van der Waals surface area contributed by atoms with Crippen molar-refractivity contribution in [2.45, 2.75) is 11.5 Å². The number of sulfonamides is 1. The number of primary sulfonamides is 1. The summed E-state index contributed by atoms with van der Waals surface area (Å²) in [5, 5.41) is 5.30. The molecule has 3 aromatic carbocycles. The van der Waals surface area contributed by atoms with Gasteiger partial charge in [-0.1, -0.05) is 35.9 Å². The molecule has 0 unspecified atom stereocenters. The van der Waals surface area contributed by atoms with Crippen molar-refractivity contribution in [3.05, 3.63) is 77.3 Å². The Morgan fingerprint density at radius 1 is 1.10 bits per heavy atom. The maximum atomic E-state index is 13.2. The number of ether oxygens (including phenoxy) is 1. The van der Waals surface area contributed by atoms with Gasteiger partial charge in [-0.2, -0.15) is 0 Å². The molecule has 0 atom stereocenters. The summed E-state index contributed by atoms with van der Waals surface area (Å²) < 4.78 is 42.6. The molecule has 29 heavy (non-hydrogen) atoms. The molecule has 0 amide bonds. The number of benzene rings is 3. The first-order chi connectivity index (χ1) is 13.8. The third-order valence-electron chi connectivity index (χ3n) is 4.30. The van der Waals surface area contributed by atoms with E-state index in [0.29, 0.717) is 28.2 Å². The number of nitrogens with one attached hydrogen (secondary N) is 1. The fourth-order valence-corrected chi connectivity index (χ4v) is 3.90. The van der Waals surface area contributed by atoms with Gasteiger partial charge >= 0.3 is 0 Å². The van der Waals surface area contributed by atoms with E-state index in [-0.39, 0.29) is 16.5 Å². The van der Waals surface area contributed by atoms with Crippen molar-refractivity contribution in [1.29, 1.82) is 0 Å². The Morgan fingerprint density at radius 2 is 1.90 bits per heavy atom. The van der Waals surface area contributed by atoms with Gasteiger partial charge in [0, 0.05) is 11.6 Å². The lowest BCUT2D eigenvalue weighted by Gasteiger charge is -2.07. The molecular formula is C20H15ClFN3O3S. The summed E-state index contributed by atoms with van der Waals surface area (Å²) in [6.07, 6.45) is 0. The van der Waals surface area contributed by atoms with Crippen LogP contribution in [0.2, 0.25) is 5.02 Å². The van der Waals surface area contributed by atoms with E-state index in [4.69, 9.17) is 21.5 Å². The zero-order chi connectivity index (χ0) is 20.6. The van der Waals surface area contributed by atoms with Gasteiger partial charge in [0.25, 0.3) is 0 Å². The van der Waals surface area contributed by atoms with Gasteiger partial charge in [-0.3, -0.25) is 0 Å². The van der Waals surface area contributed by atoms with Crippen LogP contribution in [0.25, 0.3) is 22.2 Å². The molecule has 0 radical (unpaired) electrons. The molecule has 9 heteroatoms. The molecular weight excluding hydrogens is 417 g/mol. The zero-order valence-electron chi connectivity index (χ0n) is 14.9. The molecule has 0 aliphatic carbocycles. The summed E-state index contributed by atoms with van der Waals surface area (Å²) in [7, 11) is -3.86. The van der Waals surface area contributed by atoms with Crippen molar-refractivity contribution in [1.82, 2.24) is 9.97 Å². The first-order valence-electron chi connectivity index (χ1n) is 8.50. The lowest BCUT2D eigenvalue weighted by atomic mass is 10.1. The lowest BCUT2D eigenvalue weighted by Crippen LogP contribution is -2.13. The number of aromatic nitrogens is 2. The molecule has 3 N–H and O–H groups in total. The van der Waals surface area contributed by atoms with E-state index in [0.717, 1.165) is 5.52 Å². The van der Waals surface area contributed by atoms with E-state index < -0.39 is 15.8 Å². The summed E-state index contributed by atoms with van der Waals surface area (Å²) in [6, 6.07) is 16.0. The normalized spacial score (nSPS) is 11.7. The van der Waals surface area contributed by atoms with Gasteiger partial charge in [-0.05, 0) is 35.9 Å². The maximum absolute atomic E-state index is 13.2. The van der Waals surface area contributed by atoms with Crippen LogP contribution in [0.15, 0.2) is 65.6 Å². The van der Waals surface area contributed by atoms with Gasteiger partial charge in [0.05, 0.1) is 21.0 Å². The molecule has 0 fully saturated rings. The highest BCUT2D eigenvalue weighted by Crippen LogP contribution is 2.29. The number of halogens is 2. The quantitative estimate of drug-likeness (QED) is 0.493. The molecule has 0 saturated carbocycles. The summed E-state index contributed by atoms with van der Waals surface area (Å²) in [6.45, 7) is 0.125. The van der Waals surface area contributed by atoms with Gasteiger partial charge in [-0.15, -0.1) is 0 Å². The largest absolute Gasteiger partial charge is 0.486 e. The number of nitrogens with two attached hydrogens (primary N) is 1. The number of rotatable bonds is 5. The lowest BCUT2D eigenvalue weighted by molar-refractivity contribution is 0.297. The van der Waals surface area contributed by atoms with Gasteiger partial charge < -0.3 is 9.72 Å². The van der Waals surface area contributed by atoms with Crippen molar-refractivity contribution >= 4 is 32.7 Å². The Hall–Kier alpha value is -2.94. The third kappa shape index (κ3) is 4.09. The predicted octanol–water partition coefficient (Wildman–Crippen LogP) is 4.25. The Kier molecular flexibility index (Phi) is 4.99. The topological polar surface area (TPSA) is 98.1 Å². The van der Waals surface area contributed by atoms with E-state index in [1.165, 1.54) is 24.3 Å². The van der Waals surface area contributed by atoms with Crippen LogP contribution in [0.4, 0.5) is 4.39 Å². The van der Waals surface area contributed by atoms with Crippen LogP contribution < -0.4 is 9.88 Å². The average molecular weight is 432 g/mol. The van der Waals surface area contributed by atoms with Gasteiger partial charge in [0.15, 0.2) is 0 Å². The number of aromatic amines is 1. The van der Waals surface area contributed by atoms with Gasteiger partial charge in [-0.25, -0.2) is 22.9 Å². The van der Waals surface area contributed by atoms with Crippen LogP contribution in [-0.2, 0) is 16.6 Å². The van der Waals surface area contributed by atoms with E-state index in [9.17, 15) is 12.8 Å². The molecule has 1 aromatic heterocycles. The van der Waals surface area contributed by atoms with Crippen molar-refractivity contribution in [2.24, 2.45) is 5.14 Å². The van der Waals surface area contributed by atoms with E-state index in [1.54, 1.807) is 36.4 Å². The van der Waals surface area contributed by atoms with Crippen molar-refractivity contribution in [3.63, 3.8) is 0 Å². The highest BCUT2D eigenvalue weighted by Gasteiger charge is 2.15. The number of imidazole rings is 1. The monoisotopic (exact) mass is 431 g/mol. The SMILES string of the molecule is NS(=O)(=O)c1ccccc1-c1ccc2[nH]c(COc3ccc(F)c(Cl)c3)nc2c1. The van der Waals surface area contributed by atoms with E-state index in [2.05, 4.69) is 9.97 Å². The highest BCUT2D eigenvalue weighted by atomic mass is 35.5. The van der Waals surface area contributed by atoms with Crippen LogP contribution in [-0.4, -0.2) is 18.4 Å². The second-order valence-corrected chi connectivity index (χ2v) is 8.26. The number of H-pyrrole nitrogens is 1. The smallest absolute Gasteiger partial charge is 0.238 e. The summed E-state index contributed by atoms with van der Waals surface area (Å²) in [5.74, 6) is 0.451. The van der Waals surface area contributed by atoms with Crippen molar-refractivity contribution in [3.8, 4) is 16.9 Å². The summed E-state index contributed by atoms with van der Waals surface area (Å²) >= 11 is 5.75. The first kappa shape index (κ1) is 19.4. The molecule has 148 valence electrons. The standard InChI is InChI=1S/C20H15ClFN3O3S/c21-15-10-13(6-7-16(15)22)28-11-20-24-17-8-5-12(9-18(17)25-20)14-3-1-2-4-19(14)29(23,26)27/h1-10H,11H2,(H,24,25)(H2,23,26,27). The van der Waals surface area contributed by atoms with Gasteiger partial charge in [0.2, 0.25) is 10.0 Å². The van der Waals surface area contributed by atoms with Crippen LogP contribution in [0.1, 0.15) is 5.82 Å². The fourth-order valence-electron chi connectivity index (χ4n) is 2.97. The van der Waals surface area contributed by atoms with Crippen LogP contribution in [0, 0.1) is 5.82 Å². The highest BCUT2D eigenvalue weighted by molar-refractivity contribution is 7.89. The molecule has 0 bridgehead atoms. The van der Waals surface area contributed by atoms with Crippen molar-refractivity contribution < 1.29 is 17.5 Å². The Morgan fingerprint density at radius 3 is 2.66 bits per heavy atom. The fraction of sp³-hybridized carbons (Fsp3) is 0.0500. The summed E-state index contributed by atoms with van der Waals surface area (Å²) in [5.41, 5.74) is 2.57.